The number of aliphatic hydroxyl groups is 1. The van der Waals surface area contributed by atoms with Gasteiger partial charge < -0.3 is 19.9 Å². The number of hydrogen-bond donors (Lipinski definition) is 2. The van der Waals surface area contributed by atoms with Gasteiger partial charge in [-0.05, 0) is 31.0 Å². The van der Waals surface area contributed by atoms with Crippen molar-refractivity contribution in [1.82, 2.24) is 5.32 Å². The minimum atomic E-state index is -0.669. The summed E-state index contributed by atoms with van der Waals surface area (Å²) in [6.07, 6.45) is -0.567. The molecule has 2 unspecified atom stereocenters. The van der Waals surface area contributed by atoms with Gasteiger partial charge in [-0.25, -0.2) is 0 Å². The van der Waals surface area contributed by atoms with E-state index in [1.54, 1.807) is 6.92 Å². The Labute approximate surface area is 143 Å². The molecule has 4 heteroatoms. The first-order chi connectivity index (χ1) is 11.7. The molecular formula is C20H25NO3. The Morgan fingerprint density at radius 2 is 1.88 bits per heavy atom. The van der Waals surface area contributed by atoms with Crippen LogP contribution in [0.25, 0.3) is 0 Å². The van der Waals surface area contributed by atoms with Gasteiger partial charge in [0.25, 0.3) is 0 Å². The Balaban J connectivity index is 2.20. The molecule has 1 saturated heterocycles. The first-order valence-electron chi connectivity index (χ1n) is 8.53. The number of rotatable bonds is 5. The van der Waals surface area contributed by atoms with E-state index in [9.17, 15) is 5.11 Å². The fourth-order valence-corrected chi connectivity index (χ4v) is 3.41. The second-order valence-electron chi connectivity index (χ2n) is 6.04. The number of para-hydroxylation sites is 1. The Kier molecular flexibility index (Phi) is 5.19. The first kappa shape index (κ1) is 17.0. The summed E-state index contributed by atoms with van der Waals surface area (Å²) < 4.78 is 12.2. The summed E-state index contributed by atoms with van der Waals surface area (Å²) >= 11 is 0. The Bertz CT molecular complexity index is 678. The topological polar surface area (TPSA) is 50.7 Å². The summed E-state index contributed by atoms with van der Waals surface area (Å²) in [5.41, 5.74) is 2.19. The maximum Gasteiger partial charge on any atom is 0.134 e. The fraction of sp³-hybridized carbons (Fsp3) is 0.400. The molecule has 1 aliphatic rings. The molecule has 0 radical (unpaired) electrons. The monoisotopic (exact) mass is 327 g/mol. The molecule has 0 amide bonds. The van der Waals surface area contributed by atoms with Crippen molar-refractivity contribution in [2.45, 2.75) is 25.6 Å². The summed E-state index contributed by atoms with van der Waals surface area (Å²) in [7, 11) is 0. The molecule has 128 valence electrons. The number of ether oxygens (including phenoxy) is 2. The molecule has 0 bridgehead atoms. The van der Waals surface area contributed by atoms with Crippen molar-refractivity contribution >= 4 is 0 Å². The van der Waals surface area contributed by atoms with Crippen molar-refractivity contribution in [3.63, 3.8) is 0 Å². The molecule has 4 nitrogen and oxygen atoms in total. The van der Waals surface area contributed by atoms with Crippen LogP contribution >= 0.6 is 0 Å². The molecular weight excluding hydrogens is 302 g/mol. The van der Waals surface area contributed by atoms with Gasteiger partial charge in [-0.15, -0.1) is 0 Å². The average molecular weight is 327 g/mol. The lowest BCUT2D eigenvalue weighted by Gasteiger charge is -2.40. The van der Waals surface area contributed by atoms with Crippen LogP contribution in [0.3, 0.4) is 0 Å². The SMILES string of the molecule is CCOc1ccccc1C1(c2ccccc2C(C)O)CNCCO1. The standard InChI is InChI=1S/C20H25NO3/c1-3-23-19-11-7-6-10-18(19)20(14-21-12-13-24-20)17-9-5-4-8-16(17)15(2)22/h4-11,15,21-22H,3,12-14H2,1-2H3. The van der Waals surface area contributed by atoms with Crippen LogP contribution in [0.4, 0.5) is 0 Å². The largest absolute Gasteiger partial charge is 0.493 e. The predicted octanol–water partition coefficient (Wildman–Crippen LogP) is 3.00. The van der Waals surface area contributed by atoms with Gasteiger partial charge in [0.15, 0.2) is 0 Å². The second kappa shape index (κ2) is 7.34. The zero-order valence-corrected chi connectivity index (χ0v) is 14.3. The number of aliphatic hydroxyl groups excluding tert-OH is 1. The summed E-state index contributed by atoms with van der Waals surface area (Å²) in [5.74, 6) is 0.823. The maximum atomic E-state index is 10.3. The van der Waals surface area contributed by atoms with Gasteiger partial charge in [0.05, 0.1) is 19.3 Å². The maximum absolute atomic E-state index is 10.3. The average Bonchev–Trinajstić information content (AvgIpc) is 2.63. The van der Waals surface area contributed by atoms with Gasteiger partial charge in [0.2, 0.25) is 0 Å². The molecule has 1 aliphatic heterocycles. The third-order valence-corrected chi connectivity index (χ3v) is 4.47. The molecule has 2 aromatic carbocycles. The zero-order valence-electron chi connectivity index (χ0n) is 14.3. The van der Waals surface area contributed by atoms with Crippen molar-refractivity contribution in [3.05, 3.63) is 65.2 Å². The van der Waals surface area contributed by atoms with Crippen molar-refractivity contribution in [2.75, 3.05) is 26.3 Å². The van der Waals surface area contributed by atoms with Crippen LogP contribution in [0.5, 0.6) is 5.75 Å². The molecule has 2 N–H and O–H groups in total. The van der Waals surface area contributed by atoms with E-state index in [4.69, 9.17) is 9.47 Å². The Morgan fingerprint density at radius 1 is 1.17 bits per heavy atom. The zero-order chi connectivity index (χ0) is 17.0. The highest BCUT2D eigenvalue weighted by molar-refractivity contribution is 5.49. The van der Waals surface area contributed by atoms with Crippen molar-refractivity contribution in [2.24, 2.45) is 0 Å². The molecule has 0 aliphatic carbocycles. The molecule has 0 saturated carbocycles. The summed E-state index contributed by atoms with van der Waals surface area (Å²) in [6, 6.07) is 15.9. The van der Waals surface area contributed by atoms with E-state index < -0.39 is 11.7 Å². The lowest BCUT2D eigenvalue weighted by atomic mass is 9.81. The van der Waals surface area contributed by atoms with E-state index in [0.717, 1.165) is 29.0 Å². The number of nitrogens with one attached hydrogen (secondary N) is 1. The van der Waals surface area contributed by atoms with Crippen molar-refractivity contribution < 1.29 is 14.6 Å². The number of morpholine rings is 1. The highest BCUT2D eigenvalue weighted by Crippen LogP contribution is 2.42. The Hall–Kier alpha value is -1.88. The third-order valence-electron chi connectivity index (χ3n) is 4.47. The van der Waals surface area contributed by atoms with Crippen LogP contribution in [0.1, 0.15) is 36.6 Å². The highest BCUT2D eigenvalue weighted by Gasteiger charge is 2.41. The number of hydrogen-bond acceptors (Lipinski definition) is 4. The first-order valence-corrected chi connectivity index (χ1v) is 8.53. The normalized spacial score (nSPS) is 22.1. The van der Waals surface area contributed by atoms with Gasteiger partial charge in [0, 0.05) is 18.7 Å². The highest BCUT2D eigenvalue weighted by atomic mass is 16.5. The van der Waals surface area contributed by atoms with Gasteiger partial charge >= 0.3 is 0 Å². The van der Waals surface area contributed by atoms with Crippen LogP contribution in [0.2, 0.25) is 0 Å². The summed E-state index contributed by atoms with van der Waals surface area (Å²) in [4.78, 5) is 0. The fourth-order valence-electron chi connectivity index (χ4n) is 3.41. The van der Waals surface area contributed by atoms with E-state index in [1.807, 2.05) is 49.4 Å². The molecule has 0 spiro atoms. The van der Waals surface area contributed by atoms with E-state index in [0.29, 0.717) is 19.8 Å². The van der Waals surface area contributed by atoms with Gasteiger partial charge in [-0.1, -0.05) is 42.5 Å². The van der Waals surface area contributed by atoms with Crippen LogP contribution in [0.15, 0.2) is 48.5 Å². The Morgan fingerprint density at radius 3 is 2.54 bits per heavy atom. The molecule has 1 fully saturated rings. The molecule has 0 aromatic heterocycles. The van der Waals surface area contributed by atoms with E-state index in [1.165, 1.54) is 0 Å². The van der Waals surface area contributed by atoms with Crippen LogP contribution in [-0.2, 0) is 10.3 Å². The van der Waals surface area contributed by atoms with Crippen molar-refractivity contribution in [3.8, 4) is 5.75 Å². The van der Waals surface area contributed by atoms with Gasteiger partial charge in [0.1, 0.15) is 11.4 Å². The van der Waals surface area contributed by atoms with E-state index in [-0.39, 0.29) is 0 Å². The van der Waals surface area contributed by atoms with Gasteiger partial charge in [-0.2, -0.15) is 0 Å². The lowest BCUT2D eigenvalue weighted by molar-refractivity contribution is -0.0434. The third kappa shape index (κ3) is 3.05. The molecule has 3 rings (SSSR count). The molecule has 2 aromatic rings. The predicted molar refractivity (Wildman–Crippen MR) is 94.3 cm³/mol. The second-order valence-corrected chi connectivity index (χ2v) is 6.04. The molecule has 24 heavy (non-hydrogen) atoms. The van der Waals surface area contributed by atoms with Gasteiger partial charge in [-0.3, -0.25) is 0 Å². The van der Waals surface area contributed by atoms with Crippen LogP contribution < -0.4 is 10.1 Å². The van der Waals surface area contributed by atoms with E-state index in [2.05, 4.69) is 11.4 Å². The van der Waals surface area contributed by atoms with Crippen molar-refractivity contribution in [1.29, 1.82) is 0 Å². The van der Waals surface area contributed by atoms with Crippen LogP contribution in [0, 0.1) is 0 Å². The lowest BCUT2D eigenvalue weighted by Crippen LogP contribution is -2.49. The summed E-state index contributed by atoms with van der Waals surface area (Å²) in [5, 5.41) is 13.7. The smallest absolute Gasteiger partial charge is 0.134 e. The minimum Gasteiger partial charge on any atom is -0.493 e. The number of benzene rings is 2. The quantitative estimate of drug-likeness (QED) is 0.886. The van der Waals surface area contributed by atoms with Crippen LogP contribution in [-0.4, -0.2) is 31.4 Å². The molecule has 1 heterocycles. The van der Waals surface area contributed by atoms with E-state index >= 15 is 0 Å². The molecule has 2 atom stereocenters. The minimum absolute atomic E-state index is 0.567. The summed E-state index contributed by atoms with van der Waals surface area (Å²) in [6.45, 7) is 6.42.